The molecular weight excluding hydrogens is 923 g/mol. The lowest BCUT2D eigenvalue weighted by Crippen LogP contribution is -2.67. The number of ether oxygens (including phenoxy) is 5. The number of aliphatic hydroxyl groups excluding tert-OH is 5. The number of alkyl halides is 1. The van der Waals surface area contributed by atoms with Crippen molar-refractivity contribution in [2.24, 2.45) is 29.6 Å². The maximum Gasteiger partial charge on any atom is 0.251 e. The van der Waals surface area contributed by atoms with Crippen LogP contribution in [0.25, 0.3) is 0 Å². The van der Waals surface area contributed by atoms with Crippen molar-refractivity contribution in [2.45, 2.75) is 241 Å². The number of hydrogen-bond donors (Lipinski definition) is 6. The Balaban J connectivity index is 1.44. The molecule has 0 spiro atoms. The first-order valence-electron chi connectivity index (χ1n) is 24.9. The van der Waals surface area contributed by atoms with Gasteiger partial charge in [0.05, 0.1) is 24.9 Å². The summed E-state index contributed by atoms with van der Waals surface area (Å²) in [6.07, 6.45) is 3.18. The summed E-state index contributed by atoms with van der Waals surface area (Å²) in [4.78, 5) is 29.1. The van der Waals surface area contributed by atoms with Gasteiger partial charge >= 0.3 is 0 Å². The van der Waals surface area contributed by atoms with Crippen LogP contribution < -0.4 is 5.32 Å². The van der Waals surface area contributed by atoms with Gasteiger partial charge in [0.25, 0.3) is 5.91 Å². The van der Waals surface area contributed by atoms with E-state index < -0.39 is 92.2 Å². The molecule has 6 N–H and O–H groups in total. The largest absolute Gasteiger partial charge is 0.394 e. The molecule has 2 aliphatic carbocycles. The molecule has 0 aromatic rings. The lowest BCUT2D eigenvalue weighted by molar-refractivity contribution is -0.339. The van der Waals surface area contributed by atoms with Gasteiger partial charge in [0.1, 0.15) is 48.8 Å². The Morgan fingerprint density at radius 2 is 1.57 bits per heavy atom. The van der Waals surface area contributed by atoms with Crippen LogP contribution in [0.3, 0.4) is 0 Å². The fraction of sp³-hybridized carbons (Fsp3) is 0.958. The summed E-state index contributed by atoms with van der Waals surface area (Å²) in [5.41, 5.74) is 0. The van der Waals surface area contributed by atoms with Gasteiger partial charge in [-0.15, -0.1) is 0 Å². The van der Waals surface area contributed by atoms with Gasteiger partial charge in [-0.2, -0.15) is 0 Å². The molecule has 3 aliphatic heterocycles. The number of halogens is 1. The molecule has 0 radical (unpaired) electrons. The number of rotatable bonds is 22. The van der Waals surface area contributed by atoms with Crippen LogP contribution in [0.1, 0.15) is 158 Å². The molecule has 0 bridgehead atoms. The maximum atomic E-state index is 14.2. The average Bonchev–Trinajstić information content (AvgIpc) is 3.25. The second-order valence-electron chi connectivity index (χ2n) is 20.0. The van der Waals surface area contributed by atoms with E-state index in [0.29, 0.717) is 44.2 Å². The van der Waals surface area contributed by atoms with Crippen LogP contribution in [0, 0.1) is 29.6 Å². The molecule has 3 saturated heterocycles. The fourth-order valence-electron chi connectivity index (χ4n) is 11.2. The van der Waals surface area contributed by atoms with E-state index >= 15 is 0 Å². The van der Waals surface area contributed by atoms with E-state index in [-0.39, 0.29) is 27.1 Å². The predicted octanol–water partition coefficient (Wildman–Crippen LogP) is 5.78. The molecule has 2 amide bonds. The summed E-state index contributed by atoms with van der Waals surface area (Å²) < 4.78 is 32.9. The first-order chi connectivity index (χ1) is 30.1. The topological polar surface area (TPSA) is 197 Å². The Kier molecular flexibility index (Phi) is 21.2. The van der Waals surface area contributed by atoms with Gasteiger partial charge in [-0.25, -0.2) is 0 Å². The molecule has 0 aromatic heterocycles. The van der Waals surface area contributed by atoms with Crippen LogP contribution >= 0.6 is 22.6 Å². The van der Waals surface area contributed by atoms with E-state index in [0.717, 1.165) is 64.2 Å². The van der Waals surface area contributed by atoms with Crippen molar-refractivity contribution < 1.29 is 58.8 Å². The summed E-state index contributed by atoms with van der Waals surface area (Å²) >= 11 is 2.63. The molecule has 15 heteroatoms. The van der Waals surface area contributed by atoms with Crippen LogP contribution in [-0.4, -0.2) is 145 Å². The third kappa shape index (κ3) is 13.5. The highest BCUT2D eigenvalue weighted by Gasteiger charge is 2.54. The second-order valence-corrected chi connectivity index (χ2v) is 22.1. The summed E-state index contributed by atoms with van der Waals surface area (Å²) in [6, 6.07) is -1.07. The van der Waals surface area contributed by atoms with E-state index in [1.54, 1.807) is 11.8 Å². The highest BCUT2D eigenvalue weighted by Crippen LogP contribution is 2.49. The molecule has 14 nitrogen and oxygen atoms in total. The number of likely N-dealkylation sites (tertiary alicyclic amines) is 1. The van der Waals surface area contributed by atoms with Crippen LogP contribution in [-0.2, 0) is 33.3 Å². The van der Waals surface area contributed by atoms with Crippen molar-refractivity contribution >= 4 is 34.4 Å². The van der Waals surface area contributed by atoms with Crippen LogP contribution in [0.5, 0.6) is 0 Å². The zero-order chi connectivity index (χ0) is 46.0. The molecule has 0 aromatic carbocycles. The Bertz CT molecular complexity index is 1390. The first kappa shape index (κ1) is 53.2. The molecule has 10 unspecified atom stereocenters. The molecule has 5 fully saturated rings. The number of carbonyl (C=O) groups excluding carboxylic acids is 2. The van der Waals surface area contributed by atoms with Crippen molar-refractivity contribution in [1.82, 2.24) is 10.2 Å². The van der Waals surface area contributed by atoms with Gasteiger partial charge in [0.2, 0.25) is 5.91 Å². The van der Waals surface area contributed by atoms with E-state index in [1.165, 1.54) is 32.6 Å². The lowest BCUT2D eigenvalue weighted by Gasteiger charge is -2.51. The smallest absolute Gasteiger partial charge is 0.251 e. The minimum absolute atomic E-state index is 0.0555. The monoisotopic (exact) mass is 1010 g/mol. The summed E-state index contributed by atoms with van der Waals surface area (Å²) in [7, 11) is 0. The Morgan fingerprint density at radius 1 is 0.873 bits per heavy atom. The van der Waals surface area contributed by atoms with Gasteiger partial charge in [0, 0.05) is 23.4 Å². The molecule has 5 rings (SSSR count). The zero-order valence-corrected chi connectivity index (χ0v) is 41.6. The molecule has 63 heavy (non-hydrogen) atoms. The van der Waals surface area contributed by atoms with E-state index in [1.807, 2.05) is 0 Å². The number of nitrogens with zero attached hydrogens (tertiary/aromatic N) is 1. The first-order valence-corrected chi connectivity index (χ1v) is 26.0. The van der Waals surface area contributed by atoms with Crippen molar-refractivity contribution in [3.63, 3.8) is 0 Å². The average molecular weight is 1010 g/mol. The second kappa shape index (κ2) is 25.0. The Morgan fingerprint density at radius 3 is 2.16 bits per heavy atom. The molecular formula is C48H85IN2O12. The van der Waals surface area contributed by atoms with Gasteiger partial charge in [-0.05, 0) is 87.9 Å². The maximum absolute atomic E-state index is 14.2. The third-order valence-electron chi connectivity index (χ3n) is 15.6. The van der Waals surface area contributed by atoms with Crippen LogP contribution in [0.2, 0.25) is 0 Å². The van der Waals surface area contributed by atoms with Gasteiger partial charge in [-0.3, -0.25) is 9.59 Å². The van der Waals surface area contributed by atoms with Crippen molar-refractivity contribution in [2.75, 3.05) is 19.7 Å². The molecule has 5 aliphatic rings. The number of nitrogens with one attached hydrogen (secondary N) is 1. The molecule has 3 heterocycles. The Hall–Kier alpha value is -0.730. The van der Waals surface area contributed by atoms with Crippen molar-refractivity contribution in [3.8, 4) is 0 Å². The molecule has 366 valence electrons. The van der Waals surface area contributed by atoms with Gasteiger partial charge in [-0.1, -0.05) is 115 Å². The van der Waals surface area contributed by atoms with Crippen molar-refractivity contribution in [3.05, 3.63) is 0 Å². The van der Waals surface area contributed by atoms with Gasteiger partial charge < -0.3 is 59.4 Å². The number of carbonyl (C=O) groups is 2. The number of amides is 2. The molecule has 2 saturated carbocycles. The summed E-state index contributed by atoms with van der Waals surface area (Å²) in [5, 5.41) is 57.9. The minimum atomic E-state index is -1.52. The zero-order valence-electron chi connectivity index (χ0n) is 39.5. The standard InChI is InChI=1S/C48H85IN2O12/c1-8-12-14-16-28(5)33-19-17-31(18-20-33)24-36(45(58)51-22-15-23-51)60-44-38(50-30(7)53)46(62-37(27-52)40(44)55)61-35-26-34(48(49,11-4)21-13-9-2)25-32(10-3)43(35)63-47-42(57)41(56)39(54)29(6)59-47/h28-29,31-44,46-47,52,54-57H,8-27H2,1-7H3,(H,50,53)/t28?,29?,31?,32?,33?,34?,35-,36+,37?,38?,39-,40+,41?,42?,43-,44?,46-,47+,48?/m1/s1. The highest BCUT2D eigenvalue weighted by atomic mass is 127. The van der Waals surface area contributed by atoms with Gasteiger partial charge in [0.15, 0.2) is 12.6 Å². The SMILES string of the molecule is CCCCCC(C)C1CCC(C[C@H](OC2C(NC(C)=O)[C@H](O[C@@H]3CC(C(I)(CC)CCCC)CC(CC)[C@H]3O[C@@H]3OC(C)[C@@H](O)C(O)C3O)OC(CO)[C@@H]2O)C(=O)N2CCC2)CC1. The number of unbranched alkanes of at least 4 members (excludes halogenated alkanes) is 3. The summed E-state index contributed by atoms with van der Waals surface area (Å²) in [6.45, 7) is 14.8. The Labute approximate surface area is 391 Å². The lowest BCUT2D eigenvalue weighted by atomic mass is 9.69. The fourth-order valence-corrected chi connectivity index (χ4v) is 12.1. The van der Waals surface area contributed by atoms with Crippen molar-refractivity contribution in [1.29, 1.82) is 0 Å². The van der Waals surface area contributed by atoms with Crippen LogP contribution in [0.4, 0.5) is 0 Å². The summed E-state index contributed by atoms with van der Waals surface area (Å²) in [5.74, 6) is 1.18. The predicted molar refractivity (Wildman–Crippen MR) is 248 cm³/mol. The van der Waals surface area contributed by atoms with E-state index in [4.69, 9.17) is 23.7 Å². The minimum Gasteiger partial charge on any atom is -0.394 e. The van der Waals surface area contributed by atoms with E-state index in [9.17, 15) is 35.1 Å². The molecule has 17 atom stereocenters. The van der Waals surface area contributed by atoms with E-state index in [2.05, 4.69) is 62.5 Å². The third-order valence-corrected chi connectivity index (χ3v) is 17.8. The van der Waals surface area contributed by atoms with Crippen LogP contribution in [0.15, 0.2) is 0 Å². The quantitative estimate of drug-likeness (QED) is 0.0436. The normalized spacial score (nSPS) is 39.5. The number of hydrogen-bond acceptors (Lipinski definition) is 12. The highest BCUT2D eigenvalue weighted by molar-refractivity contribution is 14.1. The number of aliphatic hydroxyl groups is 5.